The summed E-state index contributed by atoms with van der Waals surface area (Å²) in [4.78, 5) is 7.84. The summed E-state index contributed by atoms with van der Waals surface area (Å²) in [6.45, 7) is 27.9. The standard InChI is InChI=1S/C84H78BN3S/c1-81(2,3)60-40-43-64(44-41-60)86(71-37-25-22-34-66(71)55-28-16-13-17-29-55)65-45-46-70-74(54-65)87(72-38-26-23-35-67(72)56-30-18-14-19-31-56)75-50-59(58-48-62(83(7,8)9)52-63(49-58)84(10,11)12)51-76-78(75)85(70)80-79(69-53-61(82(4,5)6)42-47-77(69)89-80)88(76)73-39-27-24-36-68(73)57-32-20-15-21-33-57/h13-54H,1-12H3. The largest absolute Gasteiger partial charge is 0.311 e. The molecule has 11 aromatic carbocycles. The van der Waals surface area contributed by atoms with Crippen LogP contribution in [0.4, 0.5) is 51.2 Å². The molecule has 3 nitrogen and oxygen atoms in total. The predicted octanol–water partition coefficient (Wildman–Crippen LogP) is 22.3. The molecule has 89 heavy (non-hydrogen) atoms. The molecule has 0 unspecified atom stereocenters. The van der Waals surface area contributed by atoms with Gasteiger partial charge in [-0.05, 0) is 149 Å². The van der Waals surface area contributed by atoms with Crippen molar-refractivity contribution in [2.75, 3.05) is 14.7 Å². The number of rotatable bonds is 9. The summed E-state index contributed by atoms with van der Waals surface area (Å²) in [5.41, 5.74) is 27.2. The molecule has 0 spiro atoms. The topological polar surface area (TPSA) is 9.72 Å². The van der Waals surface area contributed by atoms with Gasteiger partial charge in [-0.2, -0.15) is 0 Å². The maximum absolute atomic E-state index is 2.68. The molecule has 14 rings (SSSR count). The Morgan fingerprint density at radius 3 is 1.33 bits per heavy atom. The van der Waals surface area contributed by atoms with Crippen LogP contribution in [0.1, 0.15) is 105 Å². The van der Waals surface area contributed by atoms with Gasteiger partial charge in [-0.15, -0.1) is 11.3 Å². The number of hydrogen-bond acceptors (Lipinski definition) is 4. The van der Waals surface area contributed by atoms with Crippen molar-refractivity contribution in [3.05, 3.63) is 277 Å². The van der Waals surface area contributed by atoms with E-state index in [1.807, 2.05) is 11.3 Å². The average molecular weight is 1170 g/mol. The van der Waals surface area contributed by atoms with Crippen molar-refractivity contribution in [2.45, 2.75) is 105 Å². The monoisotopic (exact) mass is 1170 g/mol. The zero-order valence-electron chi connectivity index (χ0n) is 53.6. The van der Waals surface area contributed by atoms with Gasteiger partial charge in [0.1, 0.15) is 0 Å². The fraction of sp³-hybridized carbons (Fsp3) is 0.190. The van der Waals surface area contributed by atoms with Crippen molar-refractivity contribution in [2.24, 2.45) is 0 Å². The minimum Gasteiger partial charge on any atom is -0.311 e. The molecule has 2 aliphatic heterocycles. The molecule has 3 heterocycles. The summed E-state index contributed by atoms with van der Waals surface area (Å²) in [6, 6.07) is 96.6. The van der Waals surface area contributed by atoms with Crippen LogP contribution in [-0.4, -0.2) is 6.71 Å². The Labute approximate surface area is 532 Å². The Hall–Kier alpha value is -9.16. The van der Waals surface area contributed by atoms with Crippen LogP contribution in [0.2, 0.25) is 0 Å². The molecule has 0 saturated heterocycles. The number of anilines is 9. The van der Waals surface area contributed by atoms with Gasteiger partial charge in [-0.3, -0.25) is 0 Å². The summed E-state index contributed by atoms with van der Waals surface area (Å²) in [5.74, 6) is 0. The average Bonchev–Trinajstić information content (AvgIpc) is 1.74. The fourth-order valence-corrected chi connectivity index (χ4v) is 14.8. The number of benzene rings is 11. The van der Waals surface area contributed by atoms with Gasteiger partial charge < -0.3 is 14.7 Å². The maximum Gasteiger partial charge on any atom is 0.264 e. The van der Waals surface area contributed by atoms with Gasteiger partial charge in [0.2, 0.25) is 0 Å². The highest BCUT2D eigenvalue weighted by molar-refractivity contribution is 7.33. The van der Waals surface area contributed by atoms with E-state index in [0.29, 0.717) is 0 Å². The summed E-state index contributed by atoms with van der Waals surface area (Å²) in [7, 11) is 0. The van der Waals surface area contributed by atoms with E-state index in [1.54, 1.807) is 0 Å². The molecule has 1 aromatic heterocycles. The van der Waals surface area contributed by atoms with E-state index in [4.69, 9.17) is 0 Å². The second-order valence-corrected chi connectivity index (χ2v) is 29.7. The first-order valence-corrected chi connectivity index (χ1v) is 32.5. The second-order valence-electron chi connectivity index (χ2n) is 28.6. The lowest BCUT2D eigenvalue weighted by Crippen LogP contribution is -2.60. The highest BCUT2D eigenvalue weighted by Gasteiger charge is 2.47. The molecule has 0 fully saturated rings. The molecule has 2 aliphatic rings. The van der Waals surface area contributed by atoms with E-state index in [-0.39, 0.29) is 28.4 Å². The van der Waals surface area contributed by atoms with E-state index in [1.165, 1.54) is 92.9 Å². The lowest BCUT2D eigenvalue weighted by atomic mass is 9.36. The van der Waals surface area contributed by atoms with E-state index in [2.05, 4.69) is 353 Å². The van der Waals surface area contributed by atoms with Gasteiger partial charge >= 0.3 is 0 Å². The smallest absolute Gasteiger partial charge is 0.264 e. The van der Waals surface area contributed by atoms with Crippen LogP contribution in [0.25, 0.3) is 54.6 Å². The number of para-hydroxylation sites is 3. The fourth-order valence-electron chi connectivity index (χ4n) is 13.5. The first-order chi connectivity index (χ1) is 42.7. The quantitative estimate of drug-likeness (QED) is 0.133. The zero-order valence-corrected chi connectivity index (χ0v) is 54.4. The van der Waals surface area contributed by atoms with Gasteiger partial charge in [0.25, 0.3) is 6.71 Å². The van der Waals surface area contributed by atoms with Crippen molar-refractivity contribution in [3.8, 4) is 44.5 Å². The van der Waals surface area contributed by atoms with Crippen LogP contribution in [0.15, 0.2) is 255 Å². The van der Waals surface area contributed by atoms with Crippen molar-refractivity contribution in [1.29, 1.82) is 0 Å². The third-order valence-corrected chi connectivity index (χ3v) is 19.7. The normalized spacial score (nSPS) is 13.1. The number of nitrogens with zero attached hydrogens (tertiary/aromatic N) is 3. The lowest BCUT2D eigenvalue weighted by molar-refractivity contribution is 0.569. The van der Waals surface area contributed by atoms with E-state index >= 15 is 0 Å². The van der Waals surface area contributed by atoms with Crippen LogP contribution >= 0.6 is 11.3 Å². The Bertz CT molecular complexity index is 4620. The molecule has 0 atom stereocenters. The lowest BCUT2D eigenvalue weighted by Gasteiger charge is -2.44. The Kier molecular flexibility index (Phi) is 14.1. The highest BCUT2D eigenvalue weighted by atomic mass is 32.1. The van der Waals surface area contributed by atoms with Crippen molar-refractivity contribution in [3.63, 3.8) is 0 Å². The van der Waals surface area contributed by atoms with Gasteiger partial charge in [-0.1, -0.05) is 271 Å². The zero-order chi connectivity index (χ0) is 61.7. The minimum absolute atomic E-state index is 0.0177. The number of thiophene rings is 1. The van der Waals surface area contributed by atoms with E-state index < -0.39 is 0 Å². The van der Waals surface area contributed by atoms with E-state index in [9.17, 15) is 0 Å². The predicted molar refractivity (Wildman–Crippen MR) is 387 cm³/mol. The highest BCUT2D eigenvalue weighted by Crippen LogP contribution is 2.54. The van der Waals surface area contributed by atoms with Crippen LogP contribution in [0, 0.1) is 0 Å². The van der Waals surface area contributed by atoms with Crippen LogP contribution in [-0.2, 0) is 21.7 Å². The molecule has 0 radical (unpaired) electrons. The Balaban J connectivity index is 1.14. The van der Waals surface area contributed by atoms with Gasteiger partial charge in [0, 0.05) is 60.0 Å². The van der Waals surface area contributed by atoms with Crippen LogP contribution in [0.3, 0.4) is 0 Å². The first kappa shape index (κ1) is 57.6. The molecule has 0 N–H and O–H groups in total. The van der Waals surface area contributed by atoms with Crippen molar-refractivity contribution in [1.82, 2.24) is 0 Å². The molecule has 438 valence electrons. The third kappa shape index (κ3) is 10.4. The molecule has 5 heteroatoms. The molecular formula is C84H78BN3S. The summed E-state index contributed by atoms with van der Waals surface area (Å²) < 4.78 is 2.62. The molecular weight excluding hydrogens is 1090 g/mol. The molecule has 0 aliphatic carbocycles. The van der Waals surface area contributed by atoms with Gasteiger partial charge in [-0.25, -0.2) is 0 Å². The number of hydrogen-bond donors (Lipinski definition) is 0. The van der Waals surface area contributed by atoms with Gasteiger partial charge in [0.05, 0.1) is 22.7 Å². The van der Waals surface area contributed by atoms with Crippen LogP contribution < -0.4 is 30.4 Å². The molecule has 0 saturated carbocycles. The minimum atomic E-state index is -0.133. The van der Waals surface area contributed by atoms with Crippen molar-refractivity contribution < 1.29 is 0 Å². The van der Waals surface area contributed by atoms with Crippen molar-refractivity contribution >= 4 is 95.0 Å². The molecule has 12 aromatic rings. The first-order valence-electron chi connectivity index (χ1n) is 31.7. The Morgan fingerprint density at radius 2 is 0.775 bits per heavy atom. The molecule has 0 amide bonds. The summed E-state index contributed by atoms with van der Waals surface area (Å²) >= 11 is 1.97. The SMILES string of the molecule is CC(C)(C)c1ccc(N(c2ccc3c(c2)N(c2ccccc2-c2ccccc2)c2cc(-c4cc(C(C)(C)C)cc(C(C)(C)C)c4)cc4c2B3c2sc3ccc(C(C)(C)C)cc3c2N4c2ccccc2-c2ccccc2)c2ccccc2-c2ccccc2)cc1. The summed E-state index contributed by atoms with van der Waals surface area (Å²) in [6.07, 6.45) is 0. The van der Waals surface area contributed by atoms with Gasteiger partial charge in [0.15, 0.2) is 0 Å². The van der Waals surface area contributed by atoms with E-state index in [0.717, 1.165) is 50.8 Å². The van der Waals surface area contributed by atoms with Crippen LogP contribution in [0.5, 0.6) is 0 Å². The Morgan fingerprint density at radius 1 is 0.326 bits per heavy atom. The summed E-state index contributed by atoms with van der Waals surface area (Å²) in [5, 5.41) is 1.28. The second kappa shape index (κ2) is 21.9. The number of fused-ring (bicyclic) bond motifs is 6. The third-order valence-electron chi connectivity index (χ3n) is 18.4. The molecule has 0 bridgehead atoms. The maximum atomic E-state index is 2.68.